The summed E-state index contributed by atoms with van der Waals surface area (Å²) in [5, 5.41) is 17.9. The van der Waals surface area contributed by atoms with Crippen molar-refractivity contribution in [2.45, 2.75) is 59.0 Å². The van der Waals surface area contributed by atoms with Gasteiger partial charge in [-0.15, -0.1) is 5.10 Å². The molecule has 1 aliphatic rings. The summed E-state index contributed by atoms with van der Waals surface area (Å²) in [6, 6.07) is 3.02. The van der Waals surface area contributed by atoms with Crippen LogP contribution in [0.4, 0.5) is 5.82 Å². The van der Waals surface area contributed by atoms with E-state index in [-0.39, 0.29) is 17.7 Å². The third-order valence-electron chi connectivity index (χ3n) is 6.66. The molecular formula is C24H32N8O2. The van der Waals surface area contributed by atoms with E-state index in [1.165, 1.54) is 10.9 Å². The van der Waals surface area contributed by atoms with Crippen molar-refractivity contribution in [3.05, 3.63) is 42.0 Å². The molecule has 3 heterocycles. The Morgan fingerprint density at radius 1 is 1.15 bits per heavy atom. The van der Waals surface area contributed by atoms with E-state index < -0.39 is 6.04 Å². The zero-order valence-corrected chi connectivity index (χ0v) is 20.2. The summed E-state index contributed by atoms with van der Waals surface area (Å²) in [5.74, 6) is 0.520. The monoisotopic (exact) mass is 464 g/mol. The van der Waals surface area contributed by atoms with Gasteiger partial charge in [-0.1, -0.05) is 25.0 Å². The number of hydrogen-bond acceptors (Lipinski definition) is 6. The lowest BCUT2D eigenvalue weighted by Crippen LogP contribution is -2.49. The van der Waals surface area contributed by atoms with E-state index in [0.29, 0.717) is 24.0 Å². The number of nitrogens with one attached hydrogen (secondary N) is 2. The topological polar surface area (TPSA) is 120 Å². The molecule has 2 N–H and O–H groups in total. The zero-order valence-electron chi connectivity index (χ0n) is 20.2. The number of carbonyl (C=O) groups is 2. The molecule has 1 atom stereocenters. The van der Waals surface area contributed by atoms with Crippen LogP contribution in [0.5, 0.6) is 0 Å². The van der Waals surface area contributed by atoms with Gasteiger partial charge in [-0.2, -0.15) is 5.10 Å². The first kappa shape index (κ1) is 23.6. The number of aryl methyl sites for hydroxylation is 3. The van der Waals surface area contributed by atoms with Crippen LogP contribution in [0.15, 0.2) is 30.7 Å². The van der Waals surface area contributed by atoms with E-state index in [0.717, 1.165) is 42.5 Å². The van der Waals surface area contributed by atoms with Gasteiger partial charge in [0.05, 0.1) is 18.1 Å². The van der Waals surface area contributed by atoms with E-state index in [9.17, 15) is 9.59 Å². The van der Waals surface area contributed by atoms with Crippen molar-refractivity contribution in [3.63, 3.8) is 0 Å². The smallest absolute Gasteiger partial charge is 0.271 e. The van der Waals surface area contributed by atoms with Gasteiger partial charge in [0.1, 0.15) is 17.6 Å². The fourth-order valence-electron chi connectivity index (χ4n) is 4.67. The molecule has 10 heteroatoms. The maximum absolute atomic E-state index is 13.4. The van der Waals surface area contributed by atoms with Crippen LogP contribution in [0.2, 0.25) is 0 Å². The molecule has 1 aliphatic carbocycles. The first-order valence-electron chi connectivity index (χ1n) is 11.8. The van der Waals surface area contributed by atoms with Gasteiger partial charge in [-0.3, -0.25) is 14.3 Å². The number of nitrogens with zero attached hydrogens (tertiary/aromatic N) is 6. The lowest BCUT2D eigenvalue weighted by molar-refractivity contribution is -0.119. The predicted molar refractivity (Wildman–Crippen MR) is 128 cm³/mol. The average molecular weight is 465 g/mol. The Morgan fingerprint density at radius 2 is 1.91 bits per heavy atom. The highest BCUT2D eigenvalue weighted by Gasteiger charge is 2.33. The minimum absolute atomic E-state index is 0.0578. The van der Waals surface area contributed by atoms with Crippen LogP contribution in [-0.2, 0) is 18.4 Å². The van der Waals surface area contributed by atoms with Gasteiger partial charge in [-0.05, 0) is 56.2 Å². The molecule has 0 aromatic carbocycles. The highest BCUT2D eigenvalue weighted by molar-refractivity contribution is 6.00. The van der Waals surface area contributed by atoms with Crippen LogP contribution >= 0.6 is 0 Å². The Bertz CT molecular complexity index is 1120. The Balaban J connectivity index is 1.51. The quantitative estimate of drug-likeness (QED) is 0.555. The summed E-state index contributed by atoms with van der Waals surface area (Å²) in [6.07, 6.45) is 8.81. The number of aromatic nitrogens is 6. The van der Waals surface area contributed by atoms with E-state index in [4.69, 9.17) is 0 Å². The summed E-state index contributed by atoms with van der Waals surface area (Å²) >= 11 is 0. The third-order valence-corrected chi connectivity index (χ3v) is 6.66. The molecule has 3 aromatic rings. The fourth-order valence-corrected chi connectivity index (χ4v) is 4.67. The Labute approximate surface area is 199 Å². The lowest BCUT2D eigenvalue weighted by Gasteiger charge is -2.32. The largest absolute Gasteiger partial charge is 0.339 e. The fraction of sp³-hybridized carbons (Fsp3) is 0.500. The molecule has 10 nitrogen and oxygen atoms in total. The second-order valence-electron chi connectivity index (χ2n) is 9.13. The molecule has 0 spiro atoms. The lowest BCUT2D eigenvalue weighted by atomic mass is 9.79. The van der Waals surface area contributed by atoms with Gasteiger partial charge in [0, 0.05) is 25.4 Å². The summed E-state index contributed by atoms with van der Waals surface area (Å²) < 4.78 is 3.32. The Kier molecular flexibility index (Phi) is 7.04. The highest BCUT2D eigenvalue weighted by Crippen LogP contribution is 2.31. The van der Waals surface area contributed by atoms with Gasteiger partial charge in [0.15, 0.2) is 0 Å². The van der Waals surface area contributed by atoms with Crippen LogP contribution in [0.1, 0.15) is 55.6 Å². The molecule has 1 saturated carbocycles. The molecule has 4 rings (SSSR count). The number of carbonyl (C=O) groups excluding carboxylic acids is 2. The molecule has 0 saturated heterocycles. The minimum atomic E-state index is -0.666. The maximum Gasteiger partial charge on any atom is 0.271 e. The van der Waals surface area contributed by atoms with E-state index in [1.807, 2.05) is 33.2 Å². The van der Waals surface area contributed by atoms with Crippen molar-refractivity contribution >= 4 is 17.6 Å². The van der Waals surface area contributed by atoms with Crippen LogP contribution in [0, 0.1) is 18.8 Å². The molecule has 3 aromatic heterocycles. The van der Waals surface area contributed by atoms with Gasteiger partial charge in [-0.25, -0.2) is 9.67 Å². The summed E-state index contributed by atoms with van der Waals surface area (Å²) in [6.45, 7) is 6.63. The van der Waals surface area contributed by atoms with Crippen LogP contribution in [0.25, 0.3) is 11.3 Å². The van der Waals surface area contributed by atoms with Crippen molar-refractivity contribution in [2.75, 3.05) is 5.32 Å². The summed E-state index contributed by atoms with van der Waals surface area (Å²) in [4.78, 5) is 30.8. The zero-order chi connectivity index (χ0) is 24.2. The van der Waals surface area contributed by atoms with Crippen molar-refractivity contribution in [2.24, 2.45) is 18.9 Å². The SMILES string of the molecule is CCn1nncc1C(=O)N[C@H](C(=O)Nc1ccc(-c2c(C)cnn2C)cn1)[C@H]1CC[C@H](C)CC1. The molecule has 2 amide bonds. The maximum atomic E-state index is 13.4. The van der Waals surface area contributed by atoms with E-state index in [2.05, 4.69) is 38.0 Å². The summed E-state index contributed by atoms with van der Waals surface area (Å²) in [7, 11) is 1.89. The van der Waals surface area contributed by atoms with E-state index in [1.54, 1.807) is 16.9 Å². The number of anilines is 1. The van der Waals surface area contributed by atoms with Crippen molar-refractivity contribution in [1.29, 1.82) is 0 Å². The third kappa shape index (κ3) is 5.00. The van der Waals surface area contributed by atoms with Crippen LogP contribution in [-0.4, -0.2) is 47.6 Å². The van der Waals surface area contributed by atoms with Crippen LogP contribution < -0.4 is 10.6 Å². The Hall–Kier alpha value is -3.56. The van der Waals surface area contributed by atoms with Crippen LogP contribution in [0.3, 0.4) is 0 Å². The van der Waals surface area contributed by atoms with Crippen molar-refractivity contribution in [1.82, 2.24) is 35.1 Å². The van der Waals surface area contributed by atoms with Crippen molar-refractivity contribution < 1.29 is 9.59 Å². The molecule has 180 valence electrons. The summed E-state index contributed by atoms with van der Waals surface area (Å²) in [5.41, 5.74) is 3.30. The molecule has 0 radical (unpaired) electrons. The second-order valence-corrected chi connectivity index (χ2v) is 9.13. The van der Waals surface area contributed by atoms with Crippen molar-refractivity contribution in [3.8, 4) is 11.3 Å². The number of rotatable bonds is 7. The minimum Gasteiger partial charge on any atom is -0.339 e. The van der Waals surface area contributed by atoms with Gasteiger partial charge in [0.25, 0.3) is 5.91 Å². The molecular weight excluding hydrogens is 432 g/mol. The second kappa shape index (κ2) is 10.1. The average Bonchev–Trinajstić information content (AvgIpc) is 3.45. The first-order valence-corrected chi connectivity index (χ1v) is 11.8. The Morgan fingerprint density at radius 3 is 2.53 bits per heavy atom. The number of pyridine rings is 1. The standard InChI is InChI=1S/C24H32N8O2/c1-5-32-19(14-26-30-32)23(33)29-21(17-8-6-15(2)7-9-17)24(34)28-20-11-10-18(13-25-20)22-16(3)12-27-31(22)4/h10-15,17,21H,5-9H2,1-4H3,(H,29,33)(H,25,28,34)/t15-,17-,21-/m0/s1. The first-order chi connectivity index (χ1) is 16.4. The molecule has 0 bridgehead atoms. The van der Waals surface area contributed by atoms with Gasteiger partial charge >= 0.3 is 0 Å². The molecule has 1 fully saturated rings. The number of hydrogen-bond donors (Lipinski definition) is 2. The number of amides is 2. The van der Waals surface area contributed by atoms with Gasteiger partial charge in [0.2, 0.25) is 5.91 Å². The highest BCUT2D eigenvalue weighted by atomic mass is 16.2. The molecule has 34 heavy (non-hydrogen) atoms. The predicted octanol–water partition coefficient (Wildman–Crippen LogP) is 2.97. The molecule has 0 unspecified atom stereocenters. The van der Waals surface area contributed by atoms with Gasteiger partial charge < -0.3 is 10.6 Å². The molecule has 0 aliphatic heterocycles. The normalized spacial score (nSPS) is 18.9. The van der Waals surface area contributed by atoms with E-state index >= 15 is 0 Å².